The summed E-state index contributed by atoms with van der Waals surface area (Å²) in [7, 11) is 0. The lowest BCUT2D eigenvalue weighted by atomic mass is 10.1. The van der Waals surface area contributed by atoms with E-state index >= 15 is 0 Å². The van der Waals surface area contributed by atoms with Gasteiger partial charge in [0.25, 0.3) is 0 Å². The van der Waals surface area contributed by atoms with Gasteiger partial charge in [-0.3, -0.25) is 4.90 Å². The number of nitrogens with one attached hydrogen (secondary N) is 1. The molecule has 1 aromatic heterocycles. The molecule has 1 aliphatic heterocycles. The third-order valence-corrected chi connectivity index (χ3v) is 4.27. The quantitative estimate of drug-likeness (QED) is 0.872. The van der Waals surface area contributed by atoms with E-state index in [1.807, 2.05) is 52.0 Å². The molecule has 2 aromatic rings. The van der Waals surface area contributed by atoms with Crippen molar-refractivity contribution in [1.29, 1.82) is 0 Å². The molecule has 1 N–H and O–H groups in total. The first kappa shape index (κ1) is 18.3. The molecule has 0 bridgehead atoms. The zero-order chi connectivity index (χ0) is 18.7. The van der Waals surface area contributed by atoms with E-state index in [1.165, 1.54) is 0 Å². The molecule has 1 aliphatic rings. The number of para-hydroxylation sites is 1. The Hall–Kier alpha value is -2.50. The van der Waals surface area contributed by atoms with E-state index < -0.39 is 5.60 Å². The monoisotopic (exact) mass is 357 g/mol. The second-order valence-corrected chi connectivity index (χ2v) is 7.44. The number of amides is 1. The highest BCUT2D eigenvalue weighted by atomic mass is 16.6. The van der Waals surface area contributed by atoms with E-state index in [4.69, 9.17) is 9.47 Å². The second kappa shape index (κ2) is 7.40. The van der Waals surface area contributed by atoms with Gasteiger partial charge >= 0.3 is 6.09 Å². The zero-order valence-electron chi connectivity index (χ0n) is 15.9. The molecule has 1 saturated heterocycles. The second-order valence-electron chi connectivity index (χ2n) is 7.44. The number of carbonyl (C=O) groups is 1. The van der Waals surface area contributed by atoms with Crippen LogP contribution >= 0.6 is 0 Å². The van der Waals surface area contributed by atoms with Crippen molar-refractivity contribution in [2.75, 3.05) is 13.2 Å². The lowest BCUT2D eigenvalue weighted by Crippen LogP contribution is -2.36. The number of hydrogen-bond acceptors (Lipinski definition) is 4. The van der Waals surface area contributed by atoms with Crippen LogP contribution in [-0.4, -0.2) is 39.7 Å². The molecule has 140 valence electrons. The van der Waals surface area contributed by atoms with Crippen LogP contribution in [0.1, 0.15) is 52.4 Å². The number of ether oxygens (including phenoxy) is 2. The molecule has 26 heavy (non-hydrogen) atoms. The Morgan fingerprint density at radius 2 is 2.12 bits per heavy atom. The number of rotatable bonds is 4. The number of aromatic amines is 1. The summed E-state index contributed by atoms with van der Waals surface area (Å²) in [5, 5.41) is 0. The van der Waals surface area contributed by atoms with Gasteiger partial charge in [-0.1, -0.05) is 12.1 Å². The van der Waals surface area contributed by atoms with Gasteiger partial charge in [-0.15, -0.1) is 0 Å². The van der Waals surface area contributed by atoms with Crippen LogP contribution < -0.4 is 4.74 Å². The Labute approximate surface area is 154 Å². The summed E-state index contributed by atoms with van der Waals surface area (Å²) < 4.78 is 11.2. The van der Waals surface area contributed by atoms with Gasteiger partial charge < -0.3 is 14.5 Å². The molecule has 6 heteroatoms. The van der Waals surface area contributed by atoms with Gasteiger partial charge in [0.2, 0.25) is 0 Å². The van der Waals surface area contributed by atoms with E-state index in [0.29, 0.717) is 13.2 Å². The maximum absolute atomic E-state index is 12.5. The molecule has 1 amide bonds. The number of H-pyrrole nitrogens is 1. The summed E-state index contributed by atoms with van der Waals surface area (Å²) in [6.07, 6.45) is 3.33. The summed E-state index contributed by atoms with van der Waals surface area (Å²) >= 11 is 0. The Balaban J connectivity index is 1.82. The molecule has 1 fully saturated rings. The average molecular weight is 357 g/mol. The van der Waals surface area contributed by atoms with E-state index in [-0.39, 0.29) is 12.1 Å². The molecule has 3 rings (SSSR count). The summed E-state index contributed by atoms with van der Waals surface area (Å²) in [4.78, 5) is 22.2. The first-order valence-electron chi connectivity index (χ1n) is 9.16. The molecule has 2 heterocycles. The Kier molecular flexibility index (Phi) is 5.20. The standard InChI is InChI=1S/C20H27N3O3/c1-5-25-17-11-7-6-9-14(17)15-13-21-18(22-15)16-10-8-12-23(16)19(24)26-20(2,3)4/h6-7,9,11,13,16H,5,8,10,12H2,1-4H3,(H,21,22)/t16-/m0/s1. The van der Waals surface area contributed by atoms with E-state index in [1.54, 1.807) is 11.1 Å². The molecule has 1 atom stereocenters. The van der Waals surface area contributed by atoms with Crippen LogP contribution in [0.3, 0.4) is 0 Å². The fraction of sp³-hybridized carbons (Fsp3) is 0.500. The molecular weight excluding hydrogens is 330 g/mol. The minimum atomic E-state index is -0.505. The zero-order valence-corrected chi connectivity index (χ0v) is 15.9. The van der Waals surface area contributed by atoms with Crippen LogP contribution in [0.25, 0.3) is 11.3 Å². The lowest BCUT2D eigenvalue weighted by molar-refractivity contribution is 0.0218. The lowest BCUT2D eigenvalue weighted by Gasteiger charge is -2.27. The van der Waals surface area contributed by atoms with E-state index in [0.717, 1.165) is 35.7 Å². The summed E-state index contributed by atoms with van der Waals surface area (Å²) in [6, 6.07) is 7.79. The third kappa shape index (κ3) is 4.00. The van der Waals surface area contributed by atoms with Crippen LogP contribution in [-0.2, 0) is 4.74 Å². The maximum Gasteiger partial charge on any atom is 0.410 e. The molecule has 0 radical (unpaired) electrons. The number of benzene rings is 1. The molecule has 1 aromatic carbocycles. The number of likely N-dealkylation sites (tertiary alicyclic amines) is 1. The summed E-state index contributed by atoms with van der Waals surface area (Å²) in [5.41, 5.74) is 1.35. The summed E-state index contributed by atoms with van der Waals surface area (Å²) in [6.45, 7) is 8.90. The minimum Gasteiger partial charge on any atom is -0.493 e. The molecule has 0 saturated carbocycles. The number of nitrogens with zero attached hydrogens (tertiary/aromatic N) is 2. The molecule has 0 aliphatic carbocycles. The van der Waals surface area contributed by atoms with Crippen LogP contribution in [0, 0.1) is 0 Å². The van der Waals surface area contributed by atoms with Gasteiger partial charge in [-0.25, -0.2) is 9.78 Å². The van der Waals surface area contributed by atoms with Crippen LogP contribution in [0.2, 0.25) is 0 Å². The van der Waals surface area contributed by atoms with Crippen molar-refractivity contribution >= 4 is 6.09 Å². The largest absolute Gasteiger partial charge is 0.493 e. The van der Waals surface area contributed by atoms with Crippen molar-refractivity contribution in [3.63, 3.8) is 0 Å². The van der Waals surface area contributed by atoms with Gasteiger partial charge in [0, 0.05) is 12.1 Å². The molecule has 0 spiro atoms. The van der Waals surface area contributed by atoms with Crippen molar-refractivity contribution < 1.29 is 14.3 Å². The van der Waals surface area contributed by atoms with Crippen molar-refractivity contribution in [3.05, 3.63) is 36.3 Å². The molecule has 6 nitrogen and oxygen atoms in total. The SMILES string of the molecule is CCOc1ccccc1-c1cnc([C@@H]2CCCN2C(=O)OC(C)(C)C)[nH]1. The van der Waals surface area contributed by atoms with E-state index in [2.05, 4.69) is 9.97 Å². The topological polar surface area (TPSA) is 67.4 Å². The van der Waals surface area contributed by atoms with Crippen LogP contribution in [0.5, 0.6) is 5.75 Å². The average Bonchev–Trinajstić information content (AvgIpc) is 3.23. The van der Waals surface area contributed by atoms with Crippen molar-refractivity contribution in [3.8, 4) is 17.0 Å². The first-order chi connectivity index (χ1) is 12.4. The van der Waals surface area contributed by atoms with Crippen LogP contribution in [0.4, 0.5) is 4.79 Å². The van der Waals surface area contributed by atoms with Crippen molar-refractivity contribution in [1.82, 2.24) is 14.9 Å². The van der Waals surface area contributed by atoms with Gasteiger partial charge in [-0.2, -0.15) is 0 Å². The number of imidazole rings is 1. The van der Waals surface area contributed by atoms with Crippen molar-refractivity contribution in [2.24, 2.45) is 0 Å². The predicted octanol–water partition coefficient (Wildman–Crippen LogP) is 4.55. The normalized spacial score (nSPS) is 17.4. The Morgan fingerprint density at radius 1 is 1.35 bits per heavy atom. The fourth-order valence-electron chi connectivity index (χ4n) is 3.20. The molecule has 0 unspecified atom stereocenters. The smallest absolute Gasteiger partial charge is 0.410 e. The number of carbonyl (C=O) groups excluding carboxylic acids is 1. The predicted molar refractivity (Wildman–Crippen MR) is 100 cm³/mol. The highest BCUT2D eigenvalue weighted by Crippen LogP contribution is 2.34. The minimum absolute atomic E-state index is 0.0853. The van der Waals surface area contributed by atoms with Gasteiger partial charge in [0.05, 0.1) is 24.5 Å². The van der Waals surface area contributed by atoms with Gasteiger partial charge in [0.1, 0.15) is 17.2 Å². The Bertz CT molecular complexity index is 764. The molecular formula is C20H27N3O3. The number of hydrogen-bond donors (Lipinski definition) is 1. The third-order valence-electron chi connectivity index (χ3n) is 4.27. The Morgan fingerprint density at radius 3 is 2.85 bits per heavy atom. The highest BCUT2D eigenvalue weighted by Gasteiger charge is 2.34. The van der Waals surface area contributed by atoms with Crippen LogP contribution in [0.15, 0.2) is 30.5 Å². The number of aromatic nitrogens is 2. The van der Waals surface area contributed by atoms with Gasteiger partial charge in [0.15, 0.2) is 0 Å². The van der Waals surface area contributed by atoms with Gasteiger partial charge in [-0.05, 0) is 52.7 Å². The van der Waals surface area contributed by atoms with E-state index in [9.17, 15) is 4.79 Å². The summed E-state index contributed by atoms with van der Waals surface area (Å²) in [5.74, 6) is 1.61. The fourth-order valence-corrected chi connectivity index (χ4v) is 3.20. The highest BCUT2D eigenvalue weighted by molar-refractivity contribution is 5.69. The van der Waals surface area contributed by atoms with Crippen molar-refractivity contribution in [2.45, 2.75) is 52.2 Å². The maximum atomic E-state index is 12.5. The first-order valence-corrected chi connectivity index (χ1v) is 9.16.